The van der Waals surface area contributed by atoms with Crippen LogP contribution in [-0.4, -0.2) is 21.6 Å². The molecule has 2 heterocycles. The van der Waals surface area contributed by atoms with E-state index in [1.807, 2.05) is 26.1 Å². The van der Waals surface area contributed by atoms with E-state index in [1.165, 1.54) is 11.9 Å². The van der Waals surface area contributed by atoms with E-state index in [-0.39, 0.29) is 0 Å². The summed E-state index contributed by atoms with van der Waals surface area (Å²) in [6.45, 7) is 5.04. The lowest BCUT2D eigenvalue weighted by Crippen LogP contribution is -2.08. The van der Waals surface area contributed by atoms with Crippen LogP contribution >= 0.6 is 0 Å². The van der Waals surface area contributed by atoms with Gasteiger partial charge in [0.1, 0.15) is 12.0 Å². The Bertz CT molecular complexity index is 558. The second-order valence-corrected chi connectivity index (χ2v) is 4.03. The third-order valence-corrected chi connectivity index (χ3v) is 2.72. The van der Waals surface area contributed by atoms with E-state index in [1.54, 1.807) is 6.20 Å². The van der Waals surface area contributed by atoms with Crippen molar-refractivity contribution in [1.82, 2.24) is 15.0 Å². The predicted molar refractivity (Wildman–Crippen MR) is 73.9 cm³/mol. The molecule has 2 aromatic heterocycles. The fourth-order valence-corrected chi connectivity index (χ4v) is 1.63. The van der Waals surface area contributed by atoms with Gasteiger partial charge in [0.25, 0.3) is 0 Å². The molecule has 0 aliphatic heterocycles. The second kappa shape index (κ2) is 5.99. The normalized spacial score (nSPS) is 10.2. The van der Waals surface area contributed by atoms with Gasteiger partial charge in [-0.05, 0) is 31.0 Å². The molecule has 100 valence electrons. The monoisotopic (exact) mass is 259 g/mol. The Morgan fingerprint density at radius 1 is 1.37 bits per heavy atom. The molecular weight excluding hydrogens is 242 g/mol. The molecule has 0 aliphatic carbocycles. The predicted octanol–water partition coefficient (Wildman–Crippen LogP) is 1.77. The maximum Gasteiger partial charge on any atom is 0.242 e. The summed E-state index contributed by atoms with van der Waals surface area (Å²) >= 11 is 0. The van der Waals surface area contributed by atoms with Crippen LogP contribution in [0.1, 0.15) is 18.1 Å². The van der Waals surface area contributed by atoms with Gasteiger partial charge < -0.3 is 15.8 Å². The number of nitrogens with one attached hydrogen (secondary N) is 1. The van der Waals surface area contributed by atoms with Crippen molar-refractivity contribution in [1.29, 1.82) is 0 Å². The zero-order valence-electron chi connectivity index (χ0n) is 11.1. The molecule has 0 atom stereocenters. The Hall–Kier alpha value is -2.37. The van der Waals surface area contributed by atoms with Crippen molar-refractivity contribution in [2.75, 3.05) is 17.7 Å². The Kier molecular flexibility index (Phi) is 4.12. The standard InChI is InChI=1S/C13H17N5O/c1-3-19-13-11(14)12(17-8-18-13)16-7-10-6-15-5-4-9(10)2/h4-6,8H,3,7,14H2,1-2H3,(H,16,17,18). The summed E-state index contributed by atoms with van der Waals surface area (Å²) in [5.41, 5.74) is 8.63. The molecule has 0 unspecified atom stereocenters. The number of nitrogens with two attached hydrogens (primary N) is 1. The van der Waals surface area contributed by atoms with Gasteiger partial charge in [0, 0.05) is 18.9 Å². The van der Waals surface area contributed by atoms with Crippen molar-refractivity contribution in [3.05, 3.63) is 35.9 Å². The minimum atomic E-state index is 0.405. The molecule has 0 radical (unpaired) electrons. The molecule has 0 spiro atoms. The molecule has 0 saturated heterocycles. The summed E-state index contributed by atoms with van der Waals surface area (Å²) in [5.74, 6) is 0.976. The van der Waals surface area contributed by atoms with Crippen LogP contribution in [0.4, 0.5) is 11.5 Å². The van der Waals surface area contributed by atoms with Gasteiger partial charge in [0.05, 0.1) is 6.61 Å². The molecule has 0 aliphatic rings. The topological polar surface area (TPSA) is 86.0 Å². The molecule has 0 aromatic carbocycles. The molecule has 0 saturated carbocycles. The minimum absolute atomic E-state index is 0.405. The number of ether oxygens (including phenoxy) is 1. The first-order chi connectivity index (χ1) is 9.22. The van der Waals surface area contributed by atoms with Crippen LogP contribution in [0, 0.1) is 6.92 Å². The van der Waals surface area contributed by atoms with Crippen molar-refractivity contribution in [2.45, 2.75) is 20.4 Å². The van der Waals surface area contributed by atoms with Crippen LogP contribution in [0.2, 0.25) is 0 Å². The Morgan fingerprint density at radius 3 is 2.95 bits per heavy atom. The lowest BCUT2D eigenvalue weighted by molar-refractivity contribution is 0.328. The van der Waals surface area contributed by atoms with Crippen LogP contribution < -0.4 is 15.8 Å². The summed E-state index contributed by atoms with van der Waals surface area (Å²) in [6.07, 6.45) is 5.02. The Labute approximate surface area is 112 Å². The zero-order valence-corrected chi connectivity index (χ0v) is 11.1. The van der Waals surface area contributed by atoms with Crippen LogP contribution in [0.3, 0.4) is 0 Å². The third kappa shape index (κ3) is 3.09. The number of aryl methyl sites for hydroxylation is 1. The fraction of sp³-hybridized carbons (Fsp3) is 0.308. The molecule has 0 bridgehead atoms. The van der Waals surface area contributed by atoms with E-state index in [0.717, 1.165) is 5.56 Å². The summed E-state index contributed by atoms with van der Waals surface area (Å²) in [4.78, 5) is 12.2. The average molecular weight is 259 g/mol. The Balaban J connectivity index is 2.12. The molecular formula is C13H17N5O. The zero-order chi connectivity index (χ0) is 13.7. The number of anilines is 2. The van der Waals surface area contributed by atoms with Crippen molar-refractivity contribution in [3.63, 3.8) is 0 Å². The number of nitrogens with zero attached hydrogens (tertiary/aromatic N) is 3. The van der Waals surface area contributed by atoms with Gasteiger partial charge in [-0.1, -0.05) is 0 Å². The Morgan fingerprint density at radius 2 is 2.21 bits per heavy atom. The van der Waals surface area contributed by atoms with E-state index < -0.39 is 0 Å². The lowest BCUT2D eigenvalue weighted by Gasteiger charge is -2.11. The highest BCUT2D eigenvalue weighted by Gasteiger charge is 2.08. The van der Waals surface area contributed by atoms with Crippen LogP contribution in [0.5, 0.6) is 5.88 Å². The van der Waals surface area contributed by atoms with Crippen LogP contribution in [-0.2, 0) is 6.54 Å². The van der Waals surface area contributed by atoms with E-state index >= 15 is 0 Å². The third-order valence-electron chi connectivity index (χ3n) is 2.72. The molecule has 0 amide bonds. The first-order valence-electron chi connectivity index (χ1n) is 6.09. The highest BCUT2D eigenvalue weighted by atomic mass is 16.5. The fourth-order valence-electron chi connectivity index (χ4n) is 1.63. The SMILES string of the molecule is CCOc1ncnc(NCc2cnccc2C)c1N. The highest BCUT2D eigenvalue weighted by Crippen LogP contribution is 2.24. The van der Waals surface area contributed by atoms with E-state index in [4.69, 9.17) is 10.5 Å². The number of pyridine rings is 1. The van der Waals surface area contributed by atoms with E-state index in [2.05, 4.69) is 20.3 Å². The van der Waals surface area contributed by atoms with Crippen molar-refractivity contribution in [3.8, 4) is 5.88 Å². The molecule has 6 heteroatoms. The van der Waals surface area contributed by atoms with Crippen molar-refractivity contribution in [2.24, 2.45) is 0 Å². The van der Waals surface area contributed by atoms with E-state index in [0.29, 0.717) is 30.5 Å². The summed E-state index contributed by atoms with van der Waals surface area (Å²) < 4.78 is 5.32. The minimum Gasteiger partial charge on any atom is -0.476 e. The maximum absolute atomic E-state index is 5.94. The summed E-state index contributed by atoms with van der Waals surface area (Å²) in [7, 11) is 0. The van der Waals surface area contributed by atoms with Gasteiger partial charge in [-0.25, -0.2) is 4.98 Å². The van der Waals surface area contributed by atoms with Gasteiger partial charge in [-0.2, -0.15) is 4.98 Å². The van der Waals surface area contributed by atoms with Crippen LogP contribution in [0.15, 0.2) is 24.8 Å². The maximum atomic E-state index is 5.94. The van der Waals surface area contributed by atoms with Crippen molar-refractivity contribution < 1.29 is 4.74 Å². The number of hydrogen-bond donors (Lipinski definition) is 2. The summed E-state index contributed by atoms with van der Waals surface area (Å²) in [6, 6.07) is 1.96. The quantitative estimate of drug-likeness (QED) is 0.851. The van der Waals surface area contributed by atoms with Gasteiger partial charge in [0.15, 0.2) is 5.82 Å². The number of hydrogen-bond acceptors (Lipinski definition) is 6. The van der Waals surface area contributed by atoms with Gasteiger partial charge in [0.2, 0.25) is 5.88 Å². The molecule has 2 aromatic rings. The first kappa shape index (κ1) is 13.1. The number of aromatic nitrogens is 3. The molecule has 2 rings (SSSR count). The lowest BCUT2D eigenvalue weighted by atomic mass is 10.1. The second-order valence-electron chi connectivity index (χ2n) is 4.03. The average Bonchev–Trinajstić information content (AvgIpc) is 2.42. The largest absolute Gasteiger partial charge is 0.476 e. The summed E-state index contributed by atoms with van der Waals surface area (Å²) in [5, 5.41) is 3.17. The van der Waals surface area contributed by atoms with Gasteiger partial charge in [-0.3, -0.25) is 4.98 Å². The smallest absolute Gasteiger partial charge is 0.242 e. The molecule has 3 N–H and O–H groups in total. The van der Waals surface area contributed by atoms with Gasteiger partial charge in [-0.15, -0.1) is 0 Å². The molecule has 6 nitrogen and oxygen atoms in total. The highest BCUT2D eigenvalue weighted by molar-refractivity contribution is 5.66. The first-order valence-corrected chi connectivity index (χ1v) is 6.09. The van der Waals surface area contributed by atoms with Gasteiger partial charge >= 0.3 is 0 Å². The van der Waals surface area contributed by atoms with Crippen molar-refractivity contribution >= 4 is 11.5 Å². The molecule has 0 fully saturated rings. The van der Waals surface area contributed by atoms with Crippen LogP contribution in [0.25, 0.3) is 0 Å². The molecule has 19 heavy (non-hydrogen) atoms. The number of nitrogen functional groups attached to an aromatic ring is 1. The van der Waals surface area contributed by atoms with E-state index in [9.17, 15) is 0 Å². The number of rotatable bonds is 5.